The smallest absolute Gasteiger partial charge is 0.253 e. The summed E-state index contributed by atoms with van der Waals surface area (Å²) >= 11 is 0. The van der Waals surface area contributed by atoms with Crippen LogP contribution in [0.25, 0.3) is 0 Å². The second-order valence-electron chi connectivity index (χ2n) is 7.87. The Balaban J connectivity index is 1.34. The second kappa shape index (κ2) is 8.74. The summed E-state index contributed by atoms with van der Waals surface area (Å²) in [6, 6.07) is 11.2. The monoisotopic (exact) mass is 378 g/mol. The highest BCUT2D eigenvalue weighted by atomic mass is 16.1. The van der Waals surface area contributed by atoms with Crippen molar-refractivity contribution in [3.8, 4) is 0 Å². The molecule has 4 rings (SSSR count). The number of anilines is 1. The standard InChI is InChI=1S/C23H30N4O/c1-2-24-22-9-8-20(16-25-22)23(28)26-15-17-6-7-18-10-12-27(21-4-3-5-21)13-11-19(18)14-17/h6-9,14,16,21H,2-5,10-13,15H2,1H3,(H,24,25)(H,26,28). The van der Waals surface area contributed by atoms with Crippen LogP contribution in [0, 0.1) is 0 Å². The lowest BCUT2D eigenvalue weighted by Gasteiger charge is -2.36. The van der Waals surface area contributed by atoms with Gasteiger partial charge in [0.15, 0.2) is 0 Å². The first kappa shape index (κ1) is 18.9. The Hall–Kier alpha value is -2.40. The molecule has 1 amide bonds. The van der Waals surface area contributed by atoms with Gasteiger partial charge in [-0.15, -0.1) is 0 Å². The maximum absolute atomic E-state index is 12.4. The summed E-state index contributed by atoms with van der Waals surface area (Å²) in [6.07, 6.45) is 8.02. The van der Waals surface area contributed by atoms with Crippen molar-refractivity contribution in [1.29, 1.82) is 0 Å². The first-order valence-electron chi connectivity index (χ1n) is 10.6. The lowest BCUT2D eigenvalue weighted by molar-refractivity contribution is 0.0950. The van der Waals surface area contributed by atoms with E-state index in [4.69, 9.17) is 0 Å². The molecule has 1 fully saturated rings. The quantitative estimate of drug-likeness (QED) is 0.809. The number of nitrogens with zero attached hydrogens (tertiary/aromatic N) is 2. The maximum atomic E-state index is 12.4. The van der Waals surface area contributed by atoms with E-state index in [9.17, 15) is 4.79 Å². The molecule has 0 spiro atoms. The van der Waals surface area contributed by atoms with Crippen LogP contribution in [-0.4, -0.2) is 41.5 Å². The summed E-state index contributed by atoms with van der Waals surface area (Å²) in [5.74, 6) is 0.711. The van der Waals surface area contributed by atoms with Gasteiger partial charge in [-0.25, -0.2) is 4.98 Å². The number of hydrogen-bond donors (Lipinski definition) is 2. The largest absolute Gasteiger partial charge is 0.370 e. The number of amides is 1. The van der Waals surface area contributed by atoms with Crippen molar-refractivity contribution >= 4 is 11.7 Å². The number of rotatable bonds is 6. The molecular weight excluding hydrogens is 348 g/mol. The summed E-state index contributed by atoms with van der Waals surface area (Å²) in [4.78, 5) is 19.4. The van der Waals surface area contributed by atoms with Gasteiger partial charge in [-0.1, -0.05) is 24.6 Å². The highest BCUT2D eigenvalue weighted by molar-refractivity contribution is 5.94. The first-order valence-corrected chi connectivity index (χ1v) is 10.6. The summed E-state index contributed by atoms with van der Waals surface area (Å²) in [6.45, 7) is 5.73. The number of benzene rings is 1. The van der Waals surface area contributed by atoms with Gasteiger partial charge < -0.3 is 10.6 Å². The van der Waals surface area contributed by atoms with E-state index in [1.165, 1.54) is 42.5 Å². The van der Waals surface area contributed by atoms with E-state index in [0.29, 0.717) is 12.1 Å². The molecule has 1 aliphatic carbocycles. The minimum Gasteiger partial charge on any atom is -0.370 e. The lowest BCUT2D eigenvalue weighted by Crippen LogP contribution is -2.41. The molecule has 28 heavy (non-hydrogen) atoms. The van der Waals surface area contributed by atoms with Crippen LogP contribution in [0.1, 0.15) is 53.2 Å². The Morgan fingerprint density at radius 2 is 1.96 bits per heavy atom. The van der Waals surface area contributed by atoms with Crippen LogP contribution < -0.4 is 10.6 Å². The Morgan fingerprint density at radius 3 is 2.64 bits per heavy atom. The molecule has 1 aromatic carbocycles. The third kappa shape index (κ3) is 4.36. The van der Waals surface area contributed by atoms with Crippen LogP contribution in [0.3, 0.4) is 0 Å². The second-order valence-corrected chi connectivity index (χ2v) is 7.87. The average molecular weight is 379 g/mol. The zero-order valence-electron chi connectivity index (χ0n) is 16.7. The first-order chi connectivity index (χ1) is 13.7. The van der Waals surface area contributed by atoms with E-state index in [-0.39, 0.29) is 5.91 Å². The molecule has 5 nitrogen and oxygen atoms in total. The molecule has 2 N–H and O–H groups in total. The highest BCUT2D eigenvalue weighted by Gasteiger charge is 2.26. The molecule has 1 aromatic heterocycles. The molecule has 0 bridgehead atoms. The summed E-state index contributed by atoms with van der Waals surface area (Å²) < 4.78 is 0. The van der Waals surface area contributed by atoms with Crippen LogP contribution in [0.5, 0.6) is 0 Å². The molecule has 2 aliphatic rings. The SMILES string of the molecule is CCNc1ccc(C(=O)NCc2ccc3c(c2)CCN(C2CCC2)CC3)cn1. The van der Waals surface area contributed by atoms with Gasteiger partial charge in [0.05, 0.1) is 5.56 Å². The van der Waals surface area contributed by atoms with Gasteiger partial charge in [-0.2, -0.15) is 0 Å². The topological polar surface area (TPSA) is 57.3 Å². The molecule has 0 radical (unpaired) electrons. The Morgan fingerprint density at radius 1 is 1.14 bits per heavy atom. The van der Waals surface area contributed by atoms with E-state index < -0.39 is 0 Å². The predicted octanol–water partition coefficient (Wildman–Crippen LogP) is 3.40. The van der Waals surface area contributed by atoms with Crippen molar-refractivity contribution < 1.29 is 4.79 Å². The van der Waals surface area contributed by atoms with Gasteiger partial charge in [0.25, 0.3) is 5.91 Å². The molecule has 1 saturated carbocycles. The third-order valence-electron chi connectivity index (χ3n) is 6.04. The molecule has 1 aliphatic heterocycles. The molecule has 5 heteroatoms. The molecule has 2 heterocycles. The molecule has 2 aromatic rings. The van der Waals surface area contributed by atoms with Crippen LogP contribution in [0.2, 0.25) is 0 Å². The van der Waals surface area contributed by atoms with Crippen LogP contribution in [0.4, 0.5) is 5.82 Å². The number of aromatic nitrogens is 1. The van der Waals surface area contributed by atoms with Gasteiger partial charge >= 0.3 is 0 Å². The summed E-state index contributed by atoms with van der Waals surface area (Å²) in [5, 5.41) is 6.16. The van der Waals surface area contributed by atoms with Crippen molar-refractivity contribution in [3.63, 3.8) is 0 Å². The number of hydrogen-bond acceptors (Lipinski definition) is 4. The minimum atomic E-state index is -0.0818. The van der Waals surface area contributed by atoms with Crippen molar-refractivity contribution in [3.05, 3.63) is 58.8 Å². The fourth-order valence-corrected chi connectivity index (χ4v) is 4.12. The Labute approximate surface area is 167 Å². The Kier molecular flexibility index (Phi) is 5.91. The van der Waals surface area contributed by atoms with Crippen molar-refractivity contribution in [2.75, 3.05) is 25.0 Å². The molecule has 0 saturated heterocycles. The number of carbonyl (C=O) groups is 1. The van der Waals surface area contributed by atoms with Crippen LogP contribution >= 0.6 is 0 Å². The number of pyridine rings is 1. The average Bonchev–Trinajstić information content (AvgIpc) is 2.88. The van der Waals surface area contributed by atoms with Crippen LogP contribution in [-0.2, 0) is 19.4 Å². The van der Waals surface area contributed by atoms with E-state index in [1.54, 1.807) is 6.20 Å². The molecular formula is C23H30N4O. The van der Waals surface area contributed by atoms with Crippen molar-refractivity contribution in [1.82, 2.24) is 15.2 Å². The van der Waals surface area contributed by atoms with Gasteiger partial charge in [0.1, 0.15) is 5.82 Å². The molecule has 148 valence electrons. The van der Waals surface area contributed by atoms with E-state index in [0.717, 1.165) is 37.8 Å². The van der Waals surface area contributed by atoms with Crippen LogP contribution in [0.15, 0.2) is 36.5 Å². The van der Waals surface area contributed by atoms with E-state index >= 15 is 0 Å². The van der Waals surface area contributed by atoms with E-state index in [2.05, 4.69) is 38.7 Å². The zero-order chi connectivity index (χ0) is 19.3. The fourth-order valence-electron chi connectivity index (χ4n) is 4.12. The van der Waals surface area contributed by atoms with Gasteiger partial charge in [-0.3, -0.25) is 9.69 Å². The zero-order valence-corrected chi connectivity index (χ0v) is 16.7. The predicted molar refractivity (Wildman–Crippen MR) is 113 cm³/mol. The lowest BCUT2D eigenvalue weighted by atomic mass is 9.91. The van der Waals surface area contributed by atoms with Gasteiger partial charge in [-0.05, 0) is 61.4 Å². The Bertz CT molecular complexity index is 814. The highest BCUT2D eigenvalue weighted by Crippen LogP contribution is 2.27. The maximum Gasteiger partial charge on any atom is 0.253 e. The van der Waals surface area contributed by atoms with Crippen molar-refractivity contribution in [2.45, 2.75) is 51.6 Å². The molecule has 0 unspecified atom stereocenters. The number of nitrogens with one attached hydrogen (secondary N) is 2. The van der Waals surface area contributed by atoms with Crippen molar-refractivity contribution in [2.24, 2.45) is 0 Å². The van der Waals surface area contributed by atoms with Gasteiger partial charge in [0.2, 0.25) is 0 Å². The number of fused-ring (bicyclic) bond motifs is 1. The summed E-state index contributed by atoms with van der Waals surface area (Å²) in [7, 11) is 0. The minimum absolute atomic E-state index is 0.0818. The fraction of sp³-hybridized carbons (Fsp3) is 0.478. The molecule has 0 atom stereocenters. The number of carbonyl (C=O) groups excluding carboxylic acids is 1. The van der Waals surface area contributed by atoms with E-state index in [1.807, 2.05) is 19.1 Å². The third-order valence-corrected chi connectivity index (χ3v) is 6.04. The summed E-state index contributed by atoms with van der Waals surface area (Å²) in [5.41, 5.74) is 4.68. The normalized spacial score (nSPS) is 17.3. The van der Waals surface area contributed by atoms with Gasteiger partial charge in [0, 0.05) is 38.4 Å².